The van der Waals surface area contributed by atoms with Gasteiger partial charge in [0.25, 0.3) is 0 Å². The van der Waals surface area contributed by atoms with E-state index in [-0.39, 0.29) is 0 Å². The molecular formula is C29H40N2OS2. The van der Waals surface area contributed by atoms with Crippen molar-refractivity contribution in [2.45, 2.75) is 67.4 Å². The topological polar surface area (TPSA) is 46.0 Å². The highest BCUT2D eigenvalue weighted by Gasteiger charge is 2.06. The smallest absolute Gasteiger partial charge is 0.0901 e. The first kappa shape index (κ1) is 29.7. The fourth-order valence-corrected chi connectivity index (χ4v) is 3.94. The molecule has 0 unspecified atom stereocenters. The monoisotopic (exact) mass is 496 g/mol. The summed E-state index contributed by atoms with van der Waals surface area (Å²) in [5.74, 6) is 0.548. The Morgan fingerprint density at radius 3 is 1.71 bits per heavy atom. The third kappa shape index (κ3) is 11.7. The van der Waals surface area contributed by atoms with E-state index in [2.05, 4.69) is 61.4 Å². The van der Waals surface area contributed by atoms with Crippen LogP contribution < -0.4 is 0 Å². The lowest BCUT2D eigenvalue weighted by Crippen LogP contribution is -2.06. The van der Waals surface area contributed by atoms with E-state index in [0.717, 1.165) is 39.0 Å². The van der Waals surface area contributed by atoms with Crippen molar-refractivity contribution in [1.82, 2.24) is 9.97 Å². The summed E-state index contributed by atoms with van der Waals surface area (Å²) in [4.78, 5) is 8.80. The molecule has 0 aromatic carbocycles. The molecule has 0 aliphatic carbocycles. The van der Waals surface area contributed by atoms with Gasteiger partial charge in [-0.2, -0.15) is 0 Å². The van der Waals surface area contributed by atoms with Crippen LogP contribution >= 0.6 is 22.7 Å². The molecule has 34 heavy (non-hydrogen) atoms. The van der Waals surface area contributed by atoms with Gasteiger partial charge in [-0.15, -0.1) is 22.7 Å². The van der Waals surface area contributed by atoms with E-state index in [1.54, 1.807) is 28.7 Å². The number of aliphatic hydroxyl groups excluding tert-OH is 1. The molecule has 0 saturated heterocycles. The number of thiazole rings is 2. The van der Waals surface area contributed by atoms with Crippen LogP contribution in [0, 0.1) is 19.8 Å². The molecule has 0 aliphatic rings. The van der Waals surface area contributed by atoms with Gasteiger partial charge < -0.3 is 5.11 Å². The minimum Gasteiger partial charge on any atom is -0.388 e. The number of hydrogen-bond acceptors (Lipinski definition) is 5. The van der Waals surface area contributed by atoms with Crippen LogP contribution in [0.5, 0.6) is 0 Å². The Morgan fingerprint density at radius 2 is 1.29 bits per heavy atom. The summed E-state index contributed by atoms with van der Waals surface area (Å²) in [5.41, 5.74) is 6.65. The molecule has 2 rings (SSSR count). The van der Waals surface area contributed by atoms with Gasteiger partial charge in [-0.05, 0) is 78.0 Å². The van der Waals surface area contributed by atoms with Gasteiger partial charge in [-0.1, -0.05) is 61.1 Å². The van der Waals surface area contributed by atoms with Crippen LogP contribution in [0.25, 0.3) is 12.2 Å². The highest BCUT2D eigenvalue weighted by atomic mass is 32.1. The van der Waals surface area contributed by atoms with Gasteiger partial charge in [0.2, 0.25) is 0 Å². The number of hydrogen-bond donors (Lipinski definition) is 1. The van der Waals surface area contributed by atoms with Crippen LogP contribution in [0.3, 0.4) is 0 Å². The van der Waals surface area contributed by atoms with Crippen molar-refractivity contribution in [1.29, 1.82) is 0 Å². The van der Waals surface area contributed by atoms with Gasteiger partial charge in [0.1, 0.15) is 0 Å². The molecule has 184 valence electrons. The van der Waals surface area contributed by atoms with Crippen molar-refractivity contribution in [3.63, 3.8) is 0 Å². The lowest BCUT2D eigenvalue weighted by molar-refractivity contribution is 0.215. The summed E-state index contributed by atoms with van der Waals surface area (Å²) in [6.07, 6.45) is 13.3. The second-order valence-corrected chi connectivity index (χ2v) is 10.7. The standard InChI is InChI=1S/C15H21NS.C14H19NOS/c1-6-11(2)7-8-12(3)13(4)9-15-10-17-14(5)16-15;1-5-10(2)6-7-14(16)11(3)8-13-9-17-12(4)15-13/h6-7,9-10,12H,1,8H2,2-5H3;5-6,8-9,14,16H,1,7H2,2-4H3/b11-7-,13-9+;10-6-,11-8+/t12-;14-/m00/s1. The lowest BCUT2D eigenvalue weighted by Gasteiger charge is -2.09. The Labute approximate surface area is 214 Å². The number of nitrogens with zero attached hydrogens (tertiary/aromatic N) is 2. The molecule has 2 heterocycles. The third-order valence-corrected chi connectivity index (χ3v) is 7.01. The number of aliphatic hydroxyl groups is 1. The number of rotatable bonds is 10. The maximum atomic E-state index is 9.96. The average Bonchev–Trinajstić information content (AvgIpc) is 3.42. The van der Waals surface area contributed by atoms with Gasteiger partial charge in [0.15, 0.2) is 0 Å². The predicted octanol–water partition coefficient (Wildman–Crippen LogP) is 8.75. The van der Waals surface area contributed by atoms with E-state index in [9.17, 15) is 5.11 Å². The second kappa shape index (κ2) is 15.5. The lowest BCUT2D eigenvalue weighted by atomic mass is 9.97. The van der Waals surface area contributed by atoms with E-state index in [4.69, 9.17) is 0 Å². The minimum atomic E-state index is -0.452. The van der Waals surface area contributed by atoms with E-state index < -0.39 is 6.10 Å². The first-order valence-electron chi connectivity index (χ1n) is 11.5. The summed E-state index contributed by atoms with van der Waals surface area (Å²) in [6, 6.07) is 0. The first-order chi connectivity index (χ1) is 16.0. The normalized spacial score (nSPS) is 14.8. The Kier molecular flexibility index (Phi) is 13.6. The highest BCUT2D eigenvalue weighted by Crippen LogP contribution is 2.20. The largest absolute Gasteiger partial charge is 0.388 e. The number of aryl methyl sites for hydroxylation is 2. The molecule has 3 nitrogen and oxygen atoms in total. The van der Waals surface area contributed by atoms with Crippen LogP contribution in [0.4, 0.5) is 0 Å². The van der Waals surface area contributed by atoms with E-state index in [1.165, 1.54) is 11.1 Å². The fraction of sp³-hybridized carbons (Fsp3) is 0.379. The van der Waals surface area contributed by atoms with Gasteiger partial charge in [-0.3, -0.25) is 0 Å². The zero-order chi connectivity index (χ0) is 25.7. The van der Waals surface area contributed by atoms with Crippen molar-refractivity contribution >= 4 is 34.8 Å². The van der Waals surface area contributed by atoms with E-state index >= 15 is 0 Å². The van der Waals surface area contributed by atoms with Crippen molar-refractivity contribution in [3.8, 4) is 0 Å². The second-order valence-electron chi connectivity index (χ2n) is 8.55. The zero-order valence-electron chi connectivity index (χ0n) is 21.8. The highest BCUT2D eigenvalue weighted by molar-refractivity contribution is 7.09. The van der Waals surface area contributed by atoms with E-state index in [0.29, 0.717) is 12.3 Å². The summed E-state index contributed by atoms with van der Waals surface area (Å²) >= 11 is 3.32. The Balaban J connectivity index is 0.000000340. The fourth-order valence-electron chi connectivity index (χ4n) is 2.80. The molecule has 2 aromatic heterocycles. The Bertz CT molecular complexity index is 966. The molecule has 0 saturated carbocycles. The Hall–Kier alpha value is -2.34. The minimum absolute atomic E-state index is 0.452. The number of allylic oxidation sites excluding steroid dienone is 6. The molecule has 0 spiro atoms. The molecule has 5 heteroatoms. The van der Waals surface area contributed by atoms with E-state index in [1.807, 2.05) is 51.3 Å². The molecule has 0 bridgehead atoms. The summed E-state index contributed by atoms with van der Waals surface area (Å²) in [7, 11) is 0. The predicted molar refractivity (Wildman–Crippen MR) is 153 cm³/mol. The maximum Gasteiger partial charge on any atom is 0.0901 e. The molecule has 2 atom stereocenters. The summed E-state index contributed by atoms with van der Waals surface area (Å²) < 4.78 is 0. The molecule has 0 fully saturated rings. The molecular weight excluding hydrogens is 456 g/mol. The quantitative estimate of drug-likeness (QED) is 0.334. The van der Waals surface area contributed by atoms with Crippen LogP contribution in [0.1, 0.15) is 68.9 Å². The van der Waals surface area contributed by atoms with Crippen molar-refractivity contribution < 1.29 is 5.11 Å². The summed E-state index contributed by atoms with van der Waals surface area (Å²) in [6.45, 7) is 21.9. The molecule has 2 aromatic rings. The zero-order valence-corrected chi connectivity index (χ0v) is 23.4. The Morgan fingerprint density at radius 1 is 0.853 bits per heavy atom. The maximum absolute atomic E-state index is 9.96. The molecule has 0 amide bonds. The molecule has 0 radical (unpaired) electrons. The third-order valence-electron chi connectivity index (χ3n) is 5.43. The average molecular weight is 497 g/mol. The van der Waals surface area contributed by atoms with Crippen molar-refractivity contribution in [3.05, 3.63) is 91.9 Å². The van der Waals surface area contributed by atoms with Crippen LogP contribution in [-0.2, 0) is 0 Å². The summed E-state index contributed by atoms with van der Waals surface area (Å²) in [5, 5.41) is 16.2. The van der Waals surface area contributed by atoms with Crippen LogP contribution in [0.15, 0.2) is 70.5 Å². The van der Waals surface area contributed by atoms with Gasteiger partial charge in [-0.25, -0.2) is 9.97 Å². The van der Waals surface area contributed by atoms with Gasteiger partial charge >= 0.3 is 0 Å². The van der Waals surface area contributed by atoms with Gasteiger partial charge in [0.05, 0.1) is 27.5 Å². The van der Waals surface area contributed by atoms with Crippen LogP contribution in [0.2, 0.25) is 0 Å². The van der Waals surface area contributed by atoms with Gasteiger partial charge in [0, 0.05) is 10.8 Å². The molecule has 1 N–H and O–H groups in total. The van der Waals surface area contributed by atoms with Crippen LogP contribution in [-0.4, -0.2) is 21.2 Å². The van der Waals surface area contributed by atoms with Crippen molar-refractivity contribution in [2.75, 3.05) is 0 Å². The van der Waals surface area contributed by atoms with Crippen molar-refractivity contribution in [2.24, 2.45) is 5.92 Å². The number of aromatic nitrogens is 2. The SMILES string of the molecule is C=C/C(C)=C\C[C@H](C)/C(C)=C/c1csc(C)n1.C=C/C(C)=C\C[C@H](O)/C(C)=C/c1csc(C)n1. The molecule has 0 aliphatic heterocycles. The first-order valence-corrected chi connectivity index (χ1v) is 13.3.